The summed E-state index contributed by atoms with van der Waals surface area (Å²) >= 11 is 0. The summed E-state index contributed by atoms with van der Waals surface area (Å²) < 4.78 is 38.7. The van der Waals surface area contributed by atoms with Crippen LogP contribution in [-0.4, -0.2) is 68.5 Å². The van der Waals surface area contributed by atoms with Crippen LogP contribution >= 0.6 is 0 Å². The van der Waals surface area contributed by atoms with Gasteiger partial charge >= 0.3 is 0 Å². The van der Waals surface area contributed by atoms with Crippen LogP contribution in [0.4, 0.5) is 0 Å². The molecule has 3 atom stereocenters. The molecule has 1 aromatic heterocycles. The topological polar surface area (TPSA) is 92.1 Å². The highest BCUT2D eigenvalue weighted by Crippen LogP contribution is 2.25. The van der Waals surface area contributed by atoms with E-state index in [1.54, 1.807) is 18.4 Å². The van der Waals surface area contributed by atoms with Gasteiger partial charge in [0, 0.05) is 25.2 Å². The van der Waals surface area contributed by atoms with Crippen LogP contribution in [0.1, 0.15) is 48.8 Å². The molecule has 1 amide bonds. The normalized spacial score (nSPS) is 23.8. The molecule has 2 aliphatic heterocycles. The van der Waals surface area contributed by atoms with E-state index in [2.05, 4.69) is 10.2 Å². The van der Waals surface area contributed by atoms with E-state index in [1.807, 2.05) is 26.0 Å². The molecule has 3 heterocycles. The van der Waals surface area contributed by atoms with E-state index in [0.717, 1.165) is 31.7 Å². The number of benzene rings is 1. The lowest BCUT2D eigenvalue weighted by Crippen LogP contribution is -2.48. The third-order valence-electron chi connectivity index (χ3n) is 6.05. The summed E-state index contributed by atoms with van der Waals surface area (Å²) in [5.41, 5.74) is 0.423. The molecule has 0 spiro atoms. The number of amides is 1. The van der Waals surface area contributed by atoms with E-state index < -0.39 is 10.0 Å². The van der Waals surface area contributed by atoms with E-state index in [4.69, 9.17) is 9.15 Å². The number of ether oxygens (including phenoxy) is 1. The number of nitrogens with one attached hydrogen (secondary N) is 1. The van der Waals surface area contributed by atoms with Crippen molar-refractivity contribution in [3.8, 4) is 0 Å². The van der Waals surface area contributed by atoms with Crippen molar-refractivity contribution < 1.29 is 22.4 Å². The minimum absolute atomic E-state index is 0.0126. The maximum atomic E-state index is 13.0. The van der Waals surface area contributed by atoms with Crippen LogP contribution in [0.2, 0.25) is 0 Å². The molecule has 0 aliphatic carbocycles. The van der Waals surface area contributed by atoms with Gasteiger partial charge in [0.15, 0.2) is 0 Å². The molecule has 0 radical (unpaired) electrons. The van der Waals surface area contributed by atoms with Crippen molar-refractivity contribution in [3.05, 3.63) is 54.0 Å². The SMILES string of the molecule is C[C@@H]1CN(S(=O)(=O)c2ccc(C(=O)NC[C@H](c3ccco3)N3CCCC3)cc2)C[C@@H](C)O1. The zero-order valence-electron chi connectivity index (χ0n) is 18.6. The summed E-state index contributed by atoms with van der Waals surface area (Å²) in [5.74, 6) is 0.598. The zero-order valence-corrected chi connectivity index (χ0v) is 19.4. The molecule has 4 rings (SSSR count). The Hall–Kier alpha value is -2.20. The third kappa shape index (κ3) is 5.06. The molecule has 32 heavy (non-hydrogen) atoms. The van der Waals surface area contributed by atoms with Crippen molar-refractivity contribution in [2.24, 2.45) is 0 Å². The highest BCUT2D eigenvalue weighted by Gasteiger charge is 2.32. The number of furan rings is 1. The van der Waals surface area contributed by atoms with Gasteiger partial charge in [-0.15, -0.1) is 0 Å². The first-order valence-corrected chi connectivity index (χ1v) is 12.6. The van der Waals surface area contributed by atoms with Crippen LogP contribution in [0.15, 0.2) is 52.0 Å². The Morgan fingerprint density at radius 3 is 2.34 bits per heavy atom. The van der Waals surface area contributed by atoms with Crippen molar-refractivity contribution in [2.45, 2.75) is 49.8 Å². The van der Waals surface area contributed by atoms with Crippen molar-refractivity contribution >= 4 is 15.9 Å². The maximum absolute atomic E-state index is 13.0. The minimum atomic E-state index is -3.63. The Labute approximate surface area is 189 Å². The molecule has 2 aromatic rings. The highest BCUT2D eigenvalue weighted by molar-refractivity contribution is 7.89. The lowest BCUT2D eigenvalue weighted by atomic mass is 10.1. The second-order valence-corrected chi connectivity index (χ2v) is 10.5. The summed E-state index contributed by atoms with van der Waals surface area (Å²) in [7, 11) is -3.63. The molecule has 174 valence electrons. The molecule has 1 N–H and O–H groups in total. The predicted molar refractivity (Wildman–Crippen MR) is 120 cm³/mol. The largest absolute Gasteiger partial charge is 0.468 e. The average Bonchev–Trinajstić information content (AvgIpc) is 3.48. The van der Waals surface area contributed by atoms with Crippen LogP contribution in [-0.2, 0) is 14.8 Å². The van der Waals surface area contributed by atoms with E-state index in [0.29, 0.717) is 25.2 Å². The molecule has 0 unspecified atom stereocenters. The van der Waals surface area contributed by atoms with Crippen LogP contribution in [0.3, 0.4) is 0 Å². The molecular weight excluding hydrogens is 430 g/mol. The van der Waals surface area contributed by atoms with E-state index in [1.165, 1.54) is 16.4 Å². The summed E-state index contributed by atoms with van der Waals surface area (Å²) in [6.07, 6.45) is 3.62. The van der Waals surface area contributed by atoms with Crippen LogP contribution < -0.4 is 5.32 Å². The molecule has 0 bridgehead atoms. The lowest BCUT2D eigenvalue weighted by Gasteiger charge is -2.34. The van der Waals surface area contributed by atoms with E-state index in [-0.39, 0.29) is 29.1 Å². The first kappa shape index (κ1) is 23.0. The molecular formula is C23H31N3O5S. The Morgan fingerprint density at radius 2 is 1.75 bits per heavy atom. The Morgan fingerprint density at radius 1 is 1.09 bits per heavy atom. The second-order valence-electron chi connectivity index (χ2n) is 8.59. The first-order chi connectivity index (χ1) is 15.3. The molecule has 2 aliphatic rings. The fourth-order valence-corrected chi connectivity index (χ4v) is 6.08. The van der Waals surface area contributed by atoms with Gasteiger partial charge in [0.1, 0.15) is 5.76 Å². The number of morpholine rings is 1. The van der Waals surface area contributed by atoms with Gasteiger partial charge in [0.05, 0.1) is 29.4 Å². The van der Waals surface area contributed by atoms with Crippen molar-refractivity contribution in [1.29, 1.82) is 0 Å². The summed E-state index contributed by atoms with van der Waals surface area (Å²) in [5, 5.41) is 2.98. The second kappa shape index (κ2) is 9.74. The number of hydrogen-bond donors (Lipinski definition) is 1. The fourth-order valence-electron chi connectivity index (χ4n) is 4.49. The monoisotopic (exact) mass is 461 g/mol. The number of carbonyl (C=O) groups is 1. The van der Waals surface area contributed by atoms with Gasteiger partial charge in [-0.25, -0.2) is 8.42 Å². The molecule has 2 fully saturated rings. The number of hydrogen-bond acceptors (Lipinski definition) is 6. The molecule has 2 saturated heterocycles. The van der Waals surface area contributed by atoms with Crippen molar-refractivity contribution in [2.75, 3.05) is 32.7 Å². The summed E-state index contributed by atoms with van der Waals surface area (Å²) in [6.45, 7) is 6.75. The molecule has 0 saturated carbocycles. The first-order valence-electron chi connectivity index (χ1n) is 11.2. The minimum Gasteiger partial charge on any atom is -0.468 e. The molecule has 9 heteroatoms. The summed E-state index contributed by atoms with van der Waals surface area (Å²) in [4.78, 5) is 15.2. The fraction of sp³-hybridized carbons (Fsp3) is 0.522. The number of sulfonamides is 1. The van der Waals surface area contributed by atoms with Gasteiger partial charge in [0.2, 0.25) is 10.0 Å². The molecule has 1 aromatic carbocycles. The van der Waals surface area contributed by atoms with Gasteiger partial charge in [-0.05, 0) is 76.2 Å². The van der Waals surface area contributed by atoms with Crippen molar-refractivity contribution in [3.63, 3.8) is 0 Å². The highest BCUT2D eigenvalue weighted by atomic mass is 32.2. The summed E-state index contributed by atoms with van der Waals surface area (Å²) in [6, 6.07) is 9.90. The Balaban J connectivity index is 1.41. The van der Waals surface area contributed by atoms with Crippen LogP contribution in [0.5, 0.6) is 0 Å². The van der Waals surface area contributed by atoms with Gasteiger partial charge in [0.25, 0.3) is 5.91 Å². The smallest absolute Gasteiger partial charge is 0.251 e. The van der Waals surface area contributed by atoms with Crippen molar-refractivity contribution in [1.82, 2.24) is 14.5 Å². The van der Waals surface area contributed by atoms with Gasteiger partial charge in [-0.2, -0.15) is 4.31 Å². The van der Waals surface area contributed by atoms with E-state index in [9.17, 15) is 13.2 Å². The standard InChI is InChI=1S/C23H31N3O5S/c1-17-15-26(16-18(2)31-17)32(28,29)20-9-7-19(8-10-20)23(27)24-14-21(22-6-5-13-30-22)25-11-3-4-12-25/h5-10,13,17-18,21H,3-4,11-12,14-16H2,1-2H3,(H,24,27)/t17-,18-,21-/m1/s1. The predicted octanol–water partition coefficient (Wildman–Crippen LogP) is 2.64. The Kier molecular flexibility index (Phi) is 6.99. The van der Waals surface area contributed by atoms with Crippen LogP contribution in [0, 0.1) is 0 Å². The average molecular weight is 462 g/mol. The number of rotatable bonds is 7. The number of carbonyl (C=O) groups excluding carboxylic acids is 1. The number of nitrogens with zero attached hydrogens (tertiary/aromatic N) is 2. The lowest BCUT2D eigenvalue weighted by molar-refractivity contribution is -0.0440. The van der Waals surface area contributed by atoms with Crippen LogP contribution in [0.25, 0.3) is 0 Å². The van der Waals surface area contributed by atoms with Gasteiger partial charge < -0.3 is 14.5 Å². The maximum Gasteiger partial charge on any atom is 0.251 e. The molecule has 8 nitrogen and oxygen atoms in total. The van der Waals surface area contributed by atoms with Gasteiger partial charge in [-0.3, -0.25) is 9.69 Å². The van der Waals surface area contributed by atoms with Gasteiger partial charge in [-0.1, -0.05) is 0 Å². The quantitative estimate of drug-likeness (QED) is 0.682. The third-order valence-corrected chi connectivity index (χ3v) is 7.90. The zero-order chi connectivity index (χ0) is 22.7. The van der Waals surface area contributed by atoms with E-state index >= 15 is 0 Å². The Bertz CT molecular complexity index is 991. The number of likely N-dealkylation sites (tertiary alicyclic amines) is 1.